The molecular weight excluding hydrogens is 224 g/mol. The van der Waals surface area contributed by atoms with Gasteiger partial charge in [0.25, 0.3) is 0 Å². The van der Waals surface area contributed by atoms with E-state index in [0.29, 0.717) is 0 Å². The SMILES string of the molecule is c1ccc2c(C3(CNC4CC4)COC3)c[nH]c2c1. The number of aromatic nitrogens is 1. The number of H-pyrrole nitrogens is 1. The fourth-order valence-electron chi connectivity index (χ4n) is 2.84. The van der Waals surface area contributed by atoms with Crippen molar-refractivity contribution in [1.29, 1.82) is 0 Å². The molecule has 2 heterocycles. The number of rotatable bonds is 4. The zero-order chi connectivity index (χ0) is 12.0. The van der Waals surface area contributed by atoms with E-state index in [2.05, 4.69) is 40.8 Å². The number of para-hydroxylation sites is 1. The van der Waals surface area contributed by atoms with E-state index in [1.54, 1.807) is 0 Å². The second kappa shape index (κ2) is 3.84. The van der Waals surface area contributed by atoms with Crippen molar-refractivity contribution in [1.82, 2.24) is 10.3 Å². The third-order valence-corrected chi connectivity index (χ3v) is 4.22. The molecule has 0 atom stereocenters. The summed E-state index contributed by atoms with van der Waals surface area (Å²) in [5.41, 5.74) is 2.82. The molecule has 1 saturated heterocycles. The van der Waals surface area contributed by atoms with Crippen molar-refractivity contribution in [3.63, 3.8) is 0 Å². The molecule has 4 rings (SSSR count). The normalized spacial score (nSPS) is 22.0. The predicted molar refractivity (Wildman–Crippen MR) is 71.8 cm³/mol. The molecule has 1 aliphatic heterocycles. The minimum atomic E-state index is 0.183. The van der Waals surface area contributed by atoms with Crippen molar-refractivity contribution in [2.75, 3.05) is 19.8 Å². The average Bonchev–Trinajstić information content (AvgIpc) is 3.08. The van der Waals surface area contributed by atoms with Crippen LogP contribution in [0.25, 0.3) is 10.9 Å². The van der Waals surface area contributed by atoms with E-state index in [1.165, 1.54) is 29.3 Å². The van der Waals surface area contributed by atoms with Crippen molar-refractivity contribution in [3.05, 3.63) is 36.0 Å². The summed E-state index contributed by atoms with van der Waals surface area (Å²) in [4.78, 5) is 3.38. The molecule has 1 saturated carbocycles. The molecule has 0 amide bonds. The van der Waals surface area contributed by atoms with Crippen LogP contribution in [-0.4, -0.2) is 30.8 Å². The lowest BCUT2D eigenvalue weighted by Gasteiger charge is -2.41. The van der Waals surface area contributed by atoms with E-state index in [0.717, 1.165) is 25.8 Å². The number of hydrogen-bond donors (Lipinski definition) is 2. The summed E-state index contributed by atoms with van der Waals surface area (Å²) in [6.07, 6.45) is 4.84. The molecule has 0 radical (unpaired) electrons. The van der Waals surface area contributed by atoms with Crippen molar-refractivity contribution in [2.24, 2.45) is 0 Å². The van der Waals surface area contributed by atoms with Gasteiger partial charge in [0.05, 0.1) is 18.6 Å². The number of benzene rings is 1. The van der Waals surface area contributed by atoms with Crippen LogP contribution in [0.15, 0.2) is 30.5 Å². The van der Waals surface area contributed by atoms with Crippen LogP contribution >= 0.6 is 0 Å². The third kappa shape index (κ3) is 1.58. The standard InChI is InChI=1S/C15H18N2O/c1-2-4-14-12(3-1)13(7-16-14)15(9-18-10-15)8-17-11-5-6-11/h1-4,7,11,16-17H,5-6,8-10H2. The maximum atomic E-state index is 5.51. The third-order valence-electron chi connectivity index (χ3n) is 4.22. The Bertz CT molecular complexity index is 567. The fraction of sp³-hybridized carbons (Fsp3) is 0.467. The monoisotopic (exact) mass is 242 g/mol. The van der Waals surface area contributed by atoms with Gasteiger partial charge in [0.1, 0.15) is 0 Å². The number of hydrogen-bond acceptors (Lipinski definition) is 2. The molecule has 2 aliphatic rings. The van der Waals surface area contributed by atoms with E-state index < -0.39 is 0 Å². The summed E-state index contributed by atoms with van der Waals surface area (Å²) >= 11 is 0. The highest BCUT2D eigenvalue weighted by Gasteiger charge is 2.42. The van der Waals surface area contributed by atoms with Gasteiger partial charge in [-0.05, 0) is 24.5 Å². The summed E-state index contributed by atoms with van der Waals surface area (Å²) in [5, 5.41) is 5.00. The van der Waals surface area contributed by atoms with Gasteiger partial charge >= 0.3 is 0 Å². The Kier molecular flexibility index (Phi) is 2.26. The van der Waals surface area contributed by atoms with Crippen molar-refractivity contribution < 1.29 is 4.74 Å². The number of fused-ring (bicyclic) bond motifs is 1. The van der Waals surface area contributed by atoms with Crippen LogP contribution in [0.5, 0.6) is 0 Å². The summed E-state index contributed by atoms with van der Waals surface area (Å²) < 4.78 is 5.51. The first kappa shape index (κ1) is 10.6. The Balaban J connectivity index is 1.69. The second-order valence-electron chi connectivity index (χ2n) is 5.68. The fourth-order valence-corrected chi connectivity index (χ4v) is 2.84. The Morgan fingerprint density at radius 2 is 2.11 bits per heavy atom. The summed E-state index contributed by atoms with van der Waals surface area (Å²) in [5.74, 6) is 0. The van der Waals surface area contributed by atoms with Crippen LogP contribution in [0.2, 0.25) is 0 Å². The van der Waals surface area contributed by atoms with Gasteiger partial charge in [-0.3, -0.25) is 0 Å². The van der Waals surface area contributed by atoms with Crippen LogP contribution in [-0.2, 0) is 10.2 Å². The van der Waals surface area contributed by atoms with Crippen molar-refractivity contribution in [2.45, 2.75) is 24.3 Å². The first-order chi connectivity index (χ1) is 8.87. The molecule has 0 spiro atoms. The molecule has 3 nitrogen and oxygen atoms in total. The van der Waals surface area contributed by atoms with Crippen LogP contribution in [0.4, 0.5) is 0 Å². The molecule has 1 aromatic carbocycles. The topological polar surface area (TPSA) is 37.0 Å². The first-order valence-electron chi connectivity index (χ1n) is 6.75. The molecule has 3 heteroatoms. The lowest BCUT2D eigenvalue weighted by molar-refractivity contribution is -0.0584. The van der Waals surface area contributed by atoms with Crippen molar-refractivity contribution in [3.8, 4) is 0 Å². The molecule has 1 aliphatic carbocycles. The summed E-state index contributed by atoms with van der Waals surface area (Å²) in [7, 11) is 0. The molecule has 18 heavy (non-hydrogen) atoms. The van der Waals surface area contributed by atoms with Gasteiger partial charge in [0.15, 0.2) is 0 Å². The smallest absolute Gasteiger partial charge is 0.0598 e. The van der Waals surface area contributed by atoms with Crippen molar-refractivity contribution >= 4 is 10.9 Å². The number of ether oxygens (including phenoxy) is 1. The van der Waals surface area contributed by atoms with Gasteiger partial charge in [-0.2, -0.15) is 0 Å². The van der Waals surface area contributed by atoms with Crippen LogP contribution in [0.1, 0.15) is 18.4 Å². The molecule has 94 valence electrons. The number of aromatic amines is 1. The average molecular weight is 242 g/mol. The zero-order valence-corrected chi connectivity index (χ0v) is 10.4. The predicted octanol–water partition coefficient (Wildman–Crippen LogP) is 2.19. The molecule has 2 N–H and O–H groups in total. The van der Waals surface area contributed by atoms with E-state index in [-0.39, 0.29) is 5.41 Å². The maximum absolute atomic E-state index is 5.51. The summed E-state index contributed by atoms with van der Waals surface area (Å²) in [6, 6.07) is 9.29. The largest absolute Gasteiger partial charge is 0.379 e. The lowest BCUT2D eigenvalue weighted by Crippen LogP contribution is -2.53. The molecular formula is C15H18N2O. The Hall–Kier alpha value is -1.32. The highest BCUT2D eigenvalue weighted by Crippen LogP contribution is 2.37. The second-order valence-corrected chi connectivity index (χ2v) is 5.68. The van der Waals surface area contributed by atoms with E-state index in [4.69, 9.17) is 4.74 Å². The van der Waals surface area contributed by atoms with E-state index >= 15 is 0 Å². The van der Waals surface area contributed by atoms with Gasteiger partial charge in [0, 0.05) is 29.7 Å². The molecule has 1 aromatic heterocycles. The van der Waals surface area contributed by atoms with Gasteiger partial charge in [0.2, 0.25) is 0 Å². The highest BCUT2D eigenvalue weighted by atomic mass is 16.5. The molecule has 2 fully saturated rings. The Labute approximate surface area is 107 Å². The minimum Gasteiger partial charge on any atom is -0.379 e. The highest BCUT2D eigenvalue weighted by molar-refractivity contribution is 5.84. The van der Waals surface area contributed by atoms with E-state index in [1.807, 2.05) is 0 Å². The van der Waals surface area contributed by atoms with Gasteiger partial charge in [-0.25, -0.2) is 0 Å². The molecule has 2 aromatic rings. The van der Waals surface area contributed by atoms with Gasteiger partial charge in [-0.1, -0.05) is 18.2 Å². The van der Waals surface area contributed by atoms with Crippen LogP contribution in [0.3, 0.4) is 0 Å². The van der Waals surface area contributed by atoms with Crippen LogP contribution < -0.4 is 5.32 Å². The van der Waals surface area contributed by atoms with Crippen LogP contribution in [0, 0.1) is 0 Å². The summed E-state index contributed by atoms with van der Waals surface area (Å²) in [6.45, 7) is 2.72. The quantitative estimate of drug-likeness (QED) is 0.862. The molecule has 0 bridgehead atoms. The Morgan fingerprint density at radius 3 is 2.83 bits per heavy atom. The van der Waals surface area contributed by atoms with Gasteiger partial charge in [-0.15, -0.1) is 0 Å². The Morgan fingerprint density at radius 1 is 1.28 bits per heavy atom. The minimum absolute atomic E-state index is 0.183. The maximum Gasteiger partial charge on any atom is 0.0598 e. The zero-order valence-electron chi connectivity index (χ0n) is 10.4. The van der Waals surface area contributed by atoms with Gasteiger partial charge < -0.3 is 15.0 Å². The number of nitrogens with one attached hydrogen (secondary N) is 2. The first-order valence-corrected chi connectivity index (χ1v) is 6.75. The van der Waals surface area contributed by atoms with E-state index in [9.17, 15) is 0 Å². The molecule has 0 unspecified atom stereocenters. The lowest BCUT2D eigenvalue weighted by atomic mass is 9.78.